The number of amides is 1. The van der Waals surface area contributed by atoms with Crippen LogP contribution in [0.5, 0.6) is 0 Å². The van der Waals surface area contributed by atoms with Crippen molar-refractivity contribution in [1.29, 1.82) is 0 Å². The molecule has 8 heteroatoms. The van der Waals surface area contributed by atoms with Crippen LogP contribution in [0.4, 0.5) is 0 Å². The molecular weight excluding hydrogens is 316 g/mol. The number of nitrogens with zero attached hydrogens (tertiary/aromatic N) is 4. The standard InChI is InChI=1S/C15H22N4O3S/c20-15-2-1-7-17(15)8-12-9-18(23(21,22)14-3-4-14)11-13-5-6-16-19(13)10-12/h5-6,12,14H,1-4,7-11H2. The highest BCUT2D eigenvalue weighted by molar-refractivity contribution is 7.90. The Hall–Kier alpha value is -1.41. The molecule has 1 aromatic rings. The van der Waals surface area contributed by atoms with Crippen molar-refractivity contribution >= 4 is 15.9 Å². The molecule has 1 unspecified atom stereocenters. The number of likely N-dealkylation sites (tertiary alicyclic amines) is 1. The van der Waals surface area contributed by atoms with Gasteiger partial charge in [0.1, 0.15) is 0 Å². The Morgan fingerprint density at radius 3 is 2.78 bits per heavy atom. The van der Waals surface area contributed by atoms with Gasteiger partial charge in [0.05, 0.1) is 17.5 Å². The van der Waals surface area contributed by atoms with Gasteiger partial charge in [-0.1, -0.05) is 0 Å². The van der Waals surface area contributed by atoms with Gasteiger partial charge in [-0.2, -0.15) is 9.40 Å². The summed E-state index contributed by atoms with van der Waals surface area (Å²) in [5.74, 6) is 0.276. The first-order valence-corrected chi connectivity index (χ1v) is 9.82. The van der Waals surface area contributed by atoms with E-state index in [-0.39, 0.29) is 17.1 Å². The Bertz CT molecular complexity index is 710. The Kier molecular flexibility index (Phi) is 3.68. The van der Waals surface area contributed by atoms with Gasteiger partial charge in [0.15, 0.2) is 0 Å². The van der Waals surface area contributed by atoms with Gasteiger partial charge in [0.2, 0.25) is 15.9 Å². The molecule has 1 amide bonds. The zero-order valence-corrected chi connectivity index (χ0v) is 13.9. The number of aromatic nitrogens is 2. The Labute approximate surface area is 136 Å². The lowest BCUT2D eigenvalue weighted by Gasteiger charge is -2.26. The number of carbonyl (C=O) groups excluding carboxylic acids is 1. The fourth-order valence-electron chi connectivity index (χ4n) is 3.59. The highest BCUT2D eigenvalue weighted by Gasteiger charge is 2.42. The van der Waals surface area contributed by atoms with Crippen LogP contribution in [0.15, 0.2) is 12.3 Å². The lowest BCUT2D eigenvalue weighted by molar-refractivity contribution is -0.128. The predicted molar refractivity (Wildman–Crippen MR) is 83.9 cm³/mol. The first kappa shape index (κ1) is 15.1. The Morgan fingerprint density at radius 1 is 1.26 bits per heavy atom. The van der Waals surface area contributed by atoms with E-state index < -0.39 is 10.0 Å². The fraction of sp³-hybridized carbons (Fsp3) is 0.733. The minimum atomic E-state index is -3.22. The number of sulfonamides is 1. The second-order valence-electron chi connectivity index (χ2n) is 6.85. The molecule has 1 aliphatic carbocycles. The predicted octanol–water partition coefficient (Wildman–Crippen LogP) is 0.429. The van der Waals surface area contributed by atoms with Crippen molar-refractivity contribution in [3.05, 3.63) is 18.0 Å². The van der Waals surface area contributed by atoms with Crippen LogP contribution in [-0.4, -0.2) is 58.2 Å². The molecule has 3 aliphatic rings. The molecule has 1 atom stereocenters. The Balaban J connectivity index is 1.58. The van der Waals surface area contributed by atoms with E-state index in [1.165, 1.54) is 0 Å². The molecule has 0 spiro atoms. The zero-order valence-electron chi connectivity index (χ0n) is 13.1. The van der Waals surface area contributed by atoms with Gasteiger partial charge in [0, 0.05) is 44.7 Å². The lowest BCUT2D eigenvalue weighted by atomic mass is 10.1. The van der Waals surface area contributed by atoms with E-state index >= 15 is 0 Å². The summed E-state index contributed by atoms with van der Waals surface area (Å²) in [6, 6.07) is 1.89. The van der Waals surface area contributed by atoms with Crippen LogP contribution >= 0.6 is 0 Å². The number of hydrogen-bond acceptors (Lipinski definition) is 4. The first-order valence-electron chi connectivity index (χ1n) is 8.31. The molecule has 126 valence electrons. The van der Waals surface area contributed by atoms with Gasteiger partial charge in [0.25, 0.3) is 0 Å². The van der Waals surface area contributed by atoms with Crippen LogP contribution in [0.25, 0.3) is 0 Å². The van der Waals surface area contributed by atoms with Crippen LogP contribution in [0.2, 0.25) is 0 Å². The molecule has 3 heterocycles. The third kappa shape index (κ3) is 2.89. The smallest absolute Gasteiger partial charge is 0.222 e. The highest BCUT2D eigenvalue weighted by atomic mass is 32.2. The minimum Gasteiger partial charge on any atom is -0.342 e. The van der Waals surface area contributed by atoms with Crippen LogP contribution < -0.4 is 0 Å². The van der Waals surface area contributed by atoms with Crippen LogP contribution in [-0.2, 0) is 27.9 Å². The van der Waals surface area contributed by atoms with Crippen molar-refractivity contribution in [2.75, 3.05) is 19.6 Å². The monoisotopic (exact) mass is 338 g/mol. The van der Waals surface area contributed by atoms with Crippen molar-refractivity contribution in [2.45, 2.75) is 44.0 Å². The van der Waals surface area contributed by atoms with E-state index in [4.69, 9.17) is 0 Å². The molecule has 2 aliphatic heterocycles. The maximum atomic E-state index is 12.7. The summed E-state index contributed by atoms with van der Waals surface area (Å²) in [4.78, 5) is 13.8. The first-order chi connectivity index (χ1) is 11.0. The number of rotatable bonds is 4. The molecule has 0 radical (unpaired) electrons. The van der Waals surface area contributed by atoms with Gasteiger partial charge in [-0.3, -0.25) is 9.48 Å². The fourth-order valence-corrected chi connectivity index (χ4v) is 5.47. The average molecular weight is 338 g/mol. The van der Waals surface area contributed by atoms with E-state index in [0.29, 0.717) is 32.6 Å². The topological polar surface area (TPSA) is 75.5 Å². The average Bonchev–Trinajstić information content (AvgIpc) is 3.22. The van der Waals surface area contributed by atoms with E-state index in [9.17, 15) is 13.2 Å². The Morgan fingerprint density at radius 2 is 2.09 bits per heavy atom. The summed E-state index contributed by atoms with van der Waals surface area (Å²) >= 11 is 0. The van der Waals surface area contributed by atoms with Crippen molar-refractivity contribution in [1.82, 2.24) is 19.0 Å². The van der Waals surface area contributed by atoms with Crippen molar-refractivity contribution < 1.29 is 13.2 Å². The summed E-state index contributed by atoms with van der Waals surface area (Å²) < 4.78 is 28.9. The lowest BCUT2D eigenvalue weighted by Crippen LogP contribution is -2.40. The number of carbonyl (C=O) groups is 1. The normalized spacial score (nSPS) is 26.3. The molecule has 1 saturated heterocycles. The van der Waals surface area contributed by atoms with Crippen molar-refractivity contribution in [2.24, 2.45) is 5.92 Å². The van der Waals surface area contributed by atoms with Gasteiger partial charge in [-0.25, -0.2) is 8.42 Å². The second kappa shape index (κ2) is 5.59. The largest absolute Gasteiger partial charge is 0.342 e. The van der Waals surface area contributed by atoms with Gasteiger partial charge in [-0.15, -0.1) is 0 Å². The highest BCUT2D eigenvalue weighted by Crippen LogP contribution is 2.33. The van der Waals surface area contributed by atoms with Crippen LogP contribution in [0.1, 0.15) is 31.4 Å². The molecule has 0 aromatic carbocycles. The molecule has 23 heavy (non-hydrogen) atoms. The van der Waals surface area contributed by atoms with Crippen LogP contribution in [0, 0.1) is 5.92 Å². The van der Waals surface area contributed by atoms with Gasteiger partial charge >= 0.3 is 0 Å². The summed E-state index contributed by atoms with van der Waals surface area (Å²) in [6.45, 7) is 2.95. The molecule has 2 fully saturated rings. The maximum absolute atomic E-state index is 12.7. The van der Waals surface area contributed by atoms with Gasteiger partial charge < -0.3 is 4.90 Å². The number of hydrogen-bond donors (Lipinski definition) is 0. The molecule has 1 saturated carbocycles. The van der Waals surface area contributed by atoms with Gasteiger partial charge in [-0.05, 0) is 25.3 Å². The van der Waals surface area contributed by atoms with E-state index in [1.807, 2.05) is 15.6 Å². The summed E-state index contributed by atoms with van der Waals surface area (Å²) in [5, 5.41) is 4.13. The van der Waals surface area contributed by atoms with E-state index in [0.717, 1.165) is 31.5 Å². The third-order valence-electron chi connectivity index (χ3n) is 4.99. The third-order valence-corrected chi connectivity index (χ3v) is 7.30. The van der Waals surface area contributed by atoms with E-state index in [1.54, 1.807) is 10.5 Å². The second-order valence-corrected chi connectivity index (χ2v) is 9.06. The molecule has 7 nitrogen and oxygen atoms in total. The molecule has 0 bridgehead atoms. The summed E-state index contributed by atoms with van der Waals surface area (Å²) in [7, 11) is -3.22. The van der Waals surface area contributed by atoms with Crippen LogP contribution in [0.3, 0.4) is 0 Å². The minimum absolute atomic E-state index is 0.0896. The number of fused-ring (bicyclic) bond motifs is 1. The van der Waals surface area contributed by atoms with Crippen molar-refractivity contribution in [3.63, 3.8) is 0 Å². The van der Waals surface area contributed by atoms with E-state index in [2.05, 4.69) is 5.10 Å². The summed E-state index contributed by atoms with van der Waals surface area (Å²) in [6.07, 6.45) is 4.79. The zero-order chi connectivity index (χ0) is 16.0. The summed E-state index contributed by atoms with van der Waals surface area (Å²) in [5.41, 5.74) is 0.935. The molecule has 1 aromatic heterocycles. The molecule has 4 rings (SSSR count). The van der Waals surface area contributed by atoms with Crippen molar-refractivity contribution in [3.8, 4) is 0 Å². The molecular formula is C15H22N4O3S. The molecule has 0 N–H and O–H groups in total. The quantitative estimate of drug-likeness (QED) is 0.798. The SMILES string of the molecule is O=C1CCCN1CC1CN(S(=O)(=O)C2CC2)Cc2ccnn2C1. The maximum Gasteiger partial charge on any atom is 0.222 e.